The molecule has 0 amide bonds. The van der Waals surface area contributed by atoms with E-state index in [1.165, 1.54) is 4.88 Å². The maximum atomic E-state index is 11.8. The Bertz CT molecular complexity index is 320. The Morgan fingerprint density at radius 1 is 1.50 bits per heavy atom. The Hall–Kier alpha value is -0.590. The fourth-order valence-corrected chi connectivity index (χ4v) is 2.68. The van der Waals surface area contributed by atoms with Gasteiger partial charge in [0, 0.05) is 30.8 Å². The van der Waals surface area contributed by atoms with Gasteiger partial charge in [0.2, 0.25) is 0 Å². The zero-order valence-electron chi connectivity index (χ0n) is 8.84. The van der Waals surface area contributed by atoms with E-state index >= 15 is 0 Å². The van der Waals surface area contributed by atoms with Crippen molar-refractivity contribution in [2.75, 3.05) is 19.8 Å². The maximum Gasteiger partial charge on any atom is 0.261 e. The zero-order chi connectivity index (χ0) is 11.4. The molecule has 3 nitrogen and oxygen atoms in total. The van der Waals surface area contributed by atoms with E-state index in [1.54, 1.807) is 11.3 Å². The van der Waals surface area contributed by atoms with Crippen LogP contribution in [-0.4, -0.2) is 31.2 Å². The number of halogens is 2. The fraction of sp³-hybridized carbons (Fsp3) is 0.700. The first-order valence-corrected chi connectivity index (χ1v) is 6.11. The van der Waals surface area contributed by atoms with E-state index in [-0.39, 0.29) is 0 Å². The minimum atomic E-state index is -2.38. The smallest absolute Gasteiger partial charge is 0.261 e. The van der Waals surface area contributed by atoms with Crippen LogP contribution in [0.1, 0.15) is 15.6 Å². The summed E-state index contributed by atoms with van der Waals surface area (Å²) in [5.41, 5.74) is 1.16. The van der Waals surface area contributed by atoms with Crippen LogP contribution in [0.2, 0.25) is 0 Å². The molecule has 0 spiro atoms. The molecule has 2 heterocycles. The van der Waals surface area contributed by atoms with Crippen molar-refractivity contribution in [3.05, 3.63) is 15.6 Å². The van der Waals surface area contributed by atoms with Gasteiger partial charge < -0.3 is 10.1 Å². The first-order valence-electron chi connectivity index (χ1n) is 5.30. The minimum Gasteiger partial charge on any atom is -0.375 e. The third kappa shape index (κ3) is 3.20. The summed E-state index contributed by atoms with van der Waals surface area (Å²) in [6, 6.07) is 0. The molecule has 0 saturated heterocycles. The number of rotatable bonds is 5. The lowest BCUT2D eigenvalue weighted by atomic mass is 10.2. The second kappa shape index (κ2) is 5.65. The third-order valence-corrected chi connectivity index (χ3v) is 3.51. The van der Waals surface area contributed by atoms with Crippen molar-refractivity contribution < 1.29 is 13.5 Å². The van der Waals surface area contributed by atoms with Crippen LogP contribution < -0.4 is 5.32 Å². The summed E-state index contributed by atoms with van der Waals surface area (Å²) in [7, 11) is 0. The molecule has 1 N–H and O–H groups in total. The topological polar surface area (TPSA) is 34.1 Å². The highest BCUT2D eigenvalue weighted by atomic mass is 32.1. The van der Waals surface area contributed by atoms with Crippen LogP contribution in [0.4, 0.5) is 8.78 Å². The molecule has 1 aliphatic heterocycles. The number of hydrogen-bond acceptors (Lipinski definition) is 4. The molecule has 1 aromatic rings. The summed E-state index contributed by atoms with van der Waals surface area (Å²) in [5.74, 6) is 0. The number of nitrogens with zero attached hydrogens (tertiary/aromatic N) is 1. The van der Waals surface area contributed by atoms with Crippen LogP contribution in [0, 0.1) is 0 Å². The van der Waals surface area contributed by atoms with Crippen molar-refractivity contribution >= 4 is 11.3 Å². The number of hydrogen-bond donors (Lipinski definition) is 1. The quantitative estimate of drug-likeness (QED) is 0.804. The van der Waals surface area contributed by atoms with Gasteiger partial charge in [-0.2, -0.15) is 0 Å². The van der Waals surface area contributed by atoms with Gasteiger partial charge in [0.1, 0.15) is 6.61 Å². The first kappa shape index (κ1) is 11.9. The first-order chi connectivity index (χ1) is 7.75. The predicted octanol–water partition coefficient (Wildman–Crippen LogP) is 1.61. The molecular weight excluding hydrogens is 234 g/mol. The van der Waals surface area contributed by atoms with E-state index in [2.05, 4.69) is 10.3 Å². The van der Waals surface area contributed by atoms with Crippen LogP contribution >= 0.6 is 11.3 Å². The lowest BCUT2D eigenvalue weighted by molar-refractivity contribution is 0.0187. The molecule has 0 unspecified atom stereocenters. The SMILES string of the molecule is FC(F)COCCc1nc2c(s1)CNCC2. The van der Waals surface area contributed by atoms with Crippen LogP contribution in [-0.2, 0) is 24.1 Å². The molecule has 0 saturated carbocycles. The van der Waals surface area contributed by atoms with Crippen molar-refractivity contribution in [3.63, 3.8) is 0 Å². The molecule has 16 heavy (non-hydrogen) atoms. The van der Waals surface area contributed by atoms with Gasteiger partial charge in [0.05, 0.1) is 17.3 Å². The summed E-state index contributed by atoms with van der Waals surface area (Å²) in [6.07, 6.45) is -0.789. The summed E-state index contributed by atoms with van der Waals surface area (Å²) in [5, 5.41) is 4.27. The Kier molecular flexibility index (Phi) is 4.20. The molecule has 6 heteroatoms. The Morgan fingerprint density at radius 3 is 3.12 bits per heavy atom. The van der Waals surface area contributed by atoms with E-state index in [1.807, 2.05) is 0 Å². The number of aromatic nitrogens is 1. The van der Waals surface area contributed by atoms with Crippen LogP contribution in [0.5, 0.6) is 0 Å². The van der Waals surface area contributed by atoms with Crippen molar-refractivity contribution in [2.24, 2.45) is 0 Å². The standard InChI is InChI=1S/C10H14F2N2OS/c11-9(12)6-15-4-2-10-14-7-1-3-13-5-8(7)16-10/h9,13H,1-6H2. The lowest BCUT2D eigenvalue weighted by Crippen LogP contribution is -2.22. The largest absolute Gasteiger partial charge is 0.375 e. The molecule has 0 radical (unpaired) electrons. The van der Waals surface area contributed by atoms with Crippen molar-refractivity contribution in [3.8, 4) is 0 Å². The lowest BCUT2D eigenvalue weighted by Gasteiger charge is -2.09. The average Bonchev–Trinajstić information content (AvgIpc) is 2.66. The molecule has 2 rings (SSSR count). The van der Waals surface area contributed by atoms with Crippen molar-refractivity contribution in [1.82, 2.24) is 10.3 Å². The highest BCUT2D eigenvalue weighted by Crippen LogP contribution is 2.21. The molecule has 0 aliphatic carbocycles. The molecule has 0 aromatic carbocycles. The molecular formula is C10H14F2N2OS. The summed E-state index contributed by atoms with van der Waals surface area (Å²) in [4.78, 5) is 5.75. The summed E-state index contributed by atoms with van der Waals surface area (Å²) >= 11 is 1.65. The highest BCUT2D eigenvalue weighted by molar-refractivity contribution is 7.11. The van der Waals surface area contributed by atoms with Gasteiger partial charge in [-0.05, 0) is 0 Å². The number of thiazole rings is 1. The minimum absolute atomic E-state index is 0.324. The number of nitrogens with one attached hydrogen (secondary N) is 1. The highest BCUT2D eigenvalue weighted by Gasteiger charge is 2.14. The average molecular weight is 248 g/mol. The molecule has 1 aliphatic rings. The van der Waals surface area contributed by atoms with Gasteiger partial charge in [-0.3, -0.25) is 0 Å². The van der Waals surface area contributed by atoms with Crippen molar-refractivity contribution in [1.29, 1.82) is 0 Å². The number of alkyl halides is 2. The second-order valence-electron chi connectivity index (χ2n) is 3.62. The van der Waals surface area contributed by atoms with Crippen LogP contribution in [0.15, 0.2) is 0 Å². The van der Waals surface area contributed by atoms with Gasteiger partial charge in [-0.15, -0.1) is 11.3 Å². The van der Waals surface area contributed by atoms with Crippen LogP contribution in [0.3, 0.4) is 0 Å². The van der Waals surface area contributed by atoms with E-state index < -0.39 is 13.0 Å². The van der Waals surface area contributed by atoms with E-state index in [0.29, 0.717) is 13.0 Å². The summed E-state index contributed by atoms with van der Waals surface area (Å²) in [6.45, 7) is 1.69. The zero-order valence-corrected chi connectivity index (χ0v) is 9.66. The van der Waals surface area contributed by atoms with E-state index in [4.69, 9.17) is 4.74 Å². The third-order valence-electron chi connectivity index (χ3n) is 2.35. The van der Waals surface area contributed by atoms with Gasteiger partial charge >= 0.3 is 0 Å². The fourth-order valence-electron chi connectivity index (χ4n) is 1.62. The second-order valence-corrected chi connectivity index (χ2v) is 4.79. The molecule has 0 bridgehead atoms. The molecule has 0 fully saturated rings. The van der Waals surface area contributed by atoms with Gasteiger partial charge in [-0.1, -0.05) is 0 Å². The van der Waals surface area contributed by atoms with Crippen LogP contribution in [0.25, 0.3) is 0 Å². The monoisotopic (exact) mass is 248 g/mol. The number of fused-ring (bicyclic) bond motifs is 1. The molecule has 90 valence electrons. The van der Waals surface area contributed by atoms with Gasteiger partial charge in [0.25, 0.3) is 6.43 Å². The Morgan fingerprint density at radius 2 is 2.38 bits per heavy atom. The Balaban J connectivity index is 1.79. The van der Waals surface area contributed by atoms with Gasteiger partial charge in [-0.25, -0.2) is 13.8 Å². The normalized spacial score (nSPS) is 15.4. The molecule has 1 aromatic heterocycles. The molecule has 0 atom stereocenters. The van der Waals surface area contributed by atoms with E-state index in [9.17, 15) is 8.78 Å². The number of ether oxygens (including phenoxy) is 1. The van der Waals surface area contributed by atoms with Crippen molar-refractivity contribution in [2.45, 2.75) is 25.8 Å². The van der Waals surface area contributed by atoms with E-state index in [0.717, 1.165) is 30.2 Å². The van der Waals surface area contributed by atoms with Gasteiger partial charge in [0.15, 0.2) is 0 Å². The summed E-state index contributed by atoms with van der Waals surface area (Å²) < 4.78 is 28.4. The Labute approximate surface area is 96.8 Å². The predicted molar refractivity (Wildman–Crippen MR) is 58.1 cm³/mol. The maximum absolute atomic E-state index is 11.8.